The third-order valence-corrected chi connectivity index (χ3v) is 4.12. The van der Waals surface area contributed by atoms with Crippen molar-refractivity contribution in [2.45, 2.75) is 6.92 Å². The van der Waals surface area contributed by atoms with Gasteiger partial charge in [0.05, 0.1) is 22.1 Å². The number of ether oxygens (including phenoxy) is 2. The minimum atomic E-state index is -0.579. The Labute approximate surface area is 160 Å². The lowest BCUT2D eigenvalue weighted by atomic mass is 10.2. The number of benzene rings is 2. The standard InChI is InChI=1S/C16H14Br2N2O5/c1-2-24-11-4-5-13(14(8-11)20(22)23)19-16(21)9-25-15-6-3-10(17)7-12(15)18/h3-8H,2,9H2,1H3,(H,19,21). The topological polar surface area (TPSA) is 90.7 Å². The third-order valence-electron chi connectivity index (χ3n) is 3.00. The lowest BCUT2D eigenvalue weighted by molar-refractivity contribution is -0.384. The van der Waals surface area contributed by atoms with Crippen molar-refractivity contribution in [2.75, 3.05) is 18.5 Å². The zero-order valence-electron chi connectivity index (χ0n) is 13.1. The molecule has 25 heavy (non-hydrogen) atoms. The molecule has 0 spiro atoms. The Morgan fingerprint density at radius 2 is 1.96 bits per heavy atom. The molecule has 0 radical (unpaired) electrons. The number of rotatable bonds is 7. The highest BCUT2D eigenvalue weighted by Gasteiger charge is 2.17. The van der Waals surface area contributed by atoms with E-state index in [0.29, 0.717) is 22.6 Å². The molecule has 0 aromatic heterocycles. The highest BCUT2D eigenvalue weighted by molar-refractivity contribution is 9.11. The Kier molecular flexibility index (Phi) is 6.77. The predicted octanol–water partition coefficient (Wildman–Crippen LogP) is 4.54. The van der Waals surface area contributed by atoms with E-state index in [1.165, 1.54) is 12.1 Å². The first-order valence-electron chi connectivity index (χ1n) is 7.19. The number of nitro benzene ring substituents is 1. The molecule has 0 saturated carbocycles. The summed E-state index contributed by atoms with van der Waals surface area (Å²) in [4.78, 5) is 22.6. The van der Waals surface area contributed by atoms with Crippen LogP contribution in [0.15, 0.2) is 45.3 Å². The molecule has 0 aliphatic heterocycles. The highest BCUT2D eigenvalue weighted by Crippen LogP contribution is 2.30. The molecule has 9 heteroatoms. The molecular formula is C16H14Br2N2O5. The van der Waals surface area contributed by atoms with Gasteiger partial charge in [-0.05, 0) is 53.2 Å². The summed E-state index contributed by atoms with van der Waals surface area (Å²) in [7, 11) is 0. The van der Waals surface area contributed by atoms with E-state index in [0.717, 1.165) is 4.47 Å². The summed E-state index contributed by atoms with van der Waals surface area (Å²) in [6.07, 6.45) is 0. The molecule has 0 unspecified atom stereocenters. The van der Waals surface area contributed by atoms with Gasteiger partial charge in [0.25, 0.3) is 11.6 Å². The van der Waals surface area contributed by atoms with E-state index in [9.17, 15) is 14.9 Å². The van der Waals surface area contributed by atoms with Crippen molar-refractivity contribution in [3.05, 3.63) is 55.5 Å². The van der Waals surface area contributed by atoms with Crippen LogP contribution in [0.1, 0.15) is 6.92 Å². The molecule has 7 nitrogen and oxygen atoms in total. The van der Waals surface area contributed by atoms with Gasteiger partial charge in [0, 0.05) is 4.47 Å². The van der Waals surface area contributed by atoms with E-state index in [2.05, 4.69) is 37.2 Å². The van der Waals surface area contributed by atoms with E-state index in [-0.39, 0.29) is 18.0 Å². The van der Waals surface area contributed by atoms with Gasteiger partial charge < -0.3 is 14.8 Å². The quantitative estimate of drug-likeness (QED) is 0.471. The molecule has 1 N–H and O–H groups in total. The second-order valence-corrected chi connectivity index (χ2v) is 6.55. The molecule has 0 atom stereocenters. The fourth-order valence-electron chi connectivity index (χ4n) is 1.95. The largest absolute Gasteiger partial charge is 0.494 e. The maximum Gasteiger partial charge on any atom is 0.296 e. The van der Waals surface area contributed by atoms with Gasteiger partial charge in [0.15, 0.2) is 6.61 Å². The van der Waals surface area contributed by atoms with Crippen LogP contribution < -0.4 is 14.8 Å². The molecule has 0 bridgehead atoms. The van der Waals surface area contributed by atoms with Crippen molar-refractivity contribution in [1.82, 2.24) is 0 Å². The van der Waals surface area contributed by atoms with Crippen molar-refractivity contribution < 1.29 is 19.2 Å². The van der Waals surface area contributed by atoms with Crippen molar-refractivity contribution in [1.29, 1.82) is 0 Å². The van der Waals surface area contributed by atoms with Crippen LogP contribution >= 0.6 is 31.9 Å². The maximum atomic E-state index is 12.0. The van der Waals surface area contributed by atoms with E-state index in [1.807, 2.05) is 0 Å². The SMILES string of the molecule is CCOc1ccc(NC(=O)COc2ccc(Br)cc2Br)c([N+](=O)[O-])c1. The van der Waals surface area contributed by atoms with Gasteiger partial charge in [-0.1, -0.05) is 15.9 Å². The number of nitrogens with zero attached hydrogens (tertiary/aromatic N) is 1. The predicted molar refractivity (Wildman–Crippen MR) is 100 cm³/mol. The zero-order chi connectivity index (χ0) is 18.4. The average Bonchev–Trinajstić information content (AvgIpc) is 2.55. The molecule has 0 aliphatic rings. The van der Waals surface area contributed by atoms with Crippen molar-refractivity contribution in [2.24, 2.45) is 0 Å². The van der Waals surface area contributed by atoms with Gasteiger partial charge in [-0.15, -0.1) is 0 Å². The van der Waals surface area contributed by atoms with Gasteiger partial charge in [-0.3, -0.25) is 14.9 Å². The molecule has 132 valence electrons. The average molecular weight is 474 g/mol. The first-order chi connectivity index (χ1) is 11.9. The van der Waals surface area contributed by atoms with Crippen molar-refractivity contribution >= 4 is 49.1 Å². The first kappa shape index (κ1) is 19.2. The van der Waals surface area contributed by atoms with Crippen molar-refractivity contribution in [3.8, 4) is 11.5 Å². The first-order valence-corrected chi connectivity index (χ1v) is 8.78. The fraction of sp³-hybridized carbons (Fsp3) is 0.188. The number of hydrogen-bond donors (Lipinski definition) is 1. The smallest absolute Gasteiger partial charge is 0.296 e. The van der Waals surface area contributed by atoms with Gasteiger partial charge in [-0.2, -0.15) is 0 Å². The molecule has 2 aromatic carbocycles. The minimum absolute atomic E-state index is 0.0805. The Bertz CT molecular complexity index is 798. The number of halogens is 2. The number of carbonyl (C=O) groups excluding carboxylic acids is 1. The molecule has 0 heterocycles. The van der Waals surface area contributed by atoms with Gasteiger partial charge >= 0.3 is 0 Å². The number of anilines is 1. The Morgan fingerprint density at radius 3 is 2.60 bits per heavy atom. The normalized spacial score (nSPS) is 10.2. The second-order valence-electron chi connectivity index (χ2n) is 4.78. The van der Waals surface area contributed by atoms with E-state index < -0.39 is 10.8 Å². The summed E-state index contributed by atoms with van der Waals surface area (Å²) < 4.78 is 12.2. The summed E-state index contributed by atoms with van der Waals surface area (Å²) in [6, 6.07) is 9.50. The van der Waals surface area contributed by atoms with Gasteiger partial charge in [-0.25, -0.2) is 0 Å². The van der Waals surface area contributed by atoms with Crippen LogP contribution in [-0.4, -0.2) is 24.0 Å². The van der Waals surface area contributed by atoms with Crippen LogP contribution in [0.4, 0.5) is 11.4 Å². The molecule has 2 rings (SSSR count). The fourth-order valence-corrected chi connectivity index (χ4v) is 3.11. The number of nitro groups is 1. The monoisotopic (exact) mass is 472 g/mol. The highest BCUT2D eigenvalue weighted by atomic mass is 79.9. The molecule has 0 saturated heterocycles. The molecule has 0 aliphatic carbocycles. The van der Waals surface area contributed by atoms with Crippen LogP contribution in [0.25, 0.3) is 0 Å². The Hall–Kier alpha value is -2.13. The number of carbonyl (C=O) groups is 1. The number of hydrogen-bond acceptors (Lipinski definition) is 5. The lowest BCUT2D eigenvalue weighted by Gasteiger charge is -2.10. The van der Waals surface area contributed by atoms with Crippen LogP contribution in [0, 0.1) is 10.1 Å². The summed E-state index contributed by atoms with van der Waals surface area (Å²) in [6.45, 7) is 1.88. The van der Waals surface area contributed by atoms with E-state index in [1.54, 1.807) is 31.2 Å². The number of amides is 1. The summed E-state index contributed by atoms with van der Waals surface area (Å²) in [5.41, 5.74) is -0.166. The molecule has 1 amide bonds. The summed E-state index contributed by atoms with van der Waals surface area (Å²) in [5, 5.41) is 13.6. The third kappa shape index (κ3) is 5.43. The molecule has 0 fully saturated rings. The van der Waals surface area contributed by atoms with Gasteiger partial charge in [0.2, 0.25) is 0 Å². The molecule has 2 aromatic rings. The van der Waals surface area contributed by atoms with Crippen LogP contribution in [0.5, 0.6) is 11.5 Å². The lowest BCUT2D eigenvalue weighted by Crippen LogP contribution is -2.20. The maximum absolute atomic E-state index is 12.0. The van der Waals surface area contributed by atoms with Gasteiger partial charge in [0.1, 0.15) is 17.2 Å². The summed E-state index contributed by atoms with van der Waals surface area (Å²) >= 11 is 6.65. The van der Waals surface area contributed by atoms with E-state index in [4.69, 9.17) is 9.47 Å². The van der Waals surface area contributed by atoms with Crippen LogP contribution in [0.2, 0.25) is 0 Å². The van der Waals surface area contributed by atoms with Crippen LogP contribution in [-0.2, 0) is 4.79 Å². The molecular weight excluding hydrogens is 460 g/mol. The number of nitrogens with one attached hydrogen (secondary N) is 1. The van der Waals surface area contributed by atoms with Crippen molar-refractivity contribution in [3.63, 3.8) is 0 Å². The Balaban J connectivity index is 2.05. The summed E-state index contributed by atoms with van der Waals surface area (Å²) in [5.74, 6) is 0.337. The minimum Gasteiger partial charge on any atom is -0.494 e. The zero-order valence-corrected chi connectivity index (χ0v) is 16.3. The van der Waals surface area contributed by atoms with Crippen LogP contribution in [0.3, 0.4) is 0 Å². The second kappa shape index (κ2) is 8.82. The Morgan fingerprint density at radius 1 is 1.20 bits per heavy atom. The van der Waals surface area contributed by atoms with E-state index >= 15 is 0 Å².